The molecule has 0 aliphatic rings. The average molecular weight is 420 g/mol. The van der Waals surface area contributed by atoms with E-state index in [1.165, 1.54) is 12.1 Å². The lowest BCUT2D eigenvalue weighted by atomic mass is 10.1. The zero-order valence-electron chi connectivity index (χ0n) is 17.5. The first-order valence-electron chi connectivity index (χ1n) is 10.3. The van der Waals surface area contributed by atoms with Gasteiger partial charge in [0.05, 0.1) is 0 Å². The quantitative estimate of drug-likeness (QED) is 0.572. The number of benzene rings is 2. The van der Waals surface area contributed by atoms with Crippen LogP contribution in [0, 0.1) is 5.82 Å². The zero-order valence-corrected chi connectivity index (χ0v) is 17.5. The van der Waals surface area contributed by atoms with E-state index < -0.39 is 6.04 Å². The van der Waals surface area contributed by atoms with E-state index in [0.717, 1.165) is 16.7 Å². The third kappa shape index (κ3) is 6.74. The number of hydrogen-bond acceptors (Lipinski definition) is 3. The van der Waals surface area contributed by atoms with Crippen LogP contribution in [0.4, 0.5) is 4.39 Å². The molecule has 1 N–H and O–H groups in total. The van der Waals surface area contributed by atoms with Crippen LogP contribution in [-0.2, 0) is 29.1 Å². The van der Waals surface area contributed by atoms with E-state index >= 15 is 0 Å². The summed E-state index contributed by atoms with van der Waals surface area (Å²) in [5.41, 5.74) is 2.70. The van der Waals surface area contributed by atoms with Crippen molar-refractivity contribution in [1.82, 2.24) is 15.2 Å². The summed E-state index contributed by atoms with van der Waals surface area (Å²) in [5, 5.41) is 2.87. The highest BCUT2D eigenvalue weighted by Crippen LogP contribution is 2.14. The molecule has 31 heavy (non-hydrogen) atoms. The molecule has 0 saturated carbocycles. The molecule has 0 bridgehead atoms. The van der Waals surface area contributed by atoms with Crippen molar-refractivity contribution in [2.45, 2.75) is 38.9 Å². The Morgan fingerprint density at radius 2 is 1.68 bits per heavy atom. The molecule has 2 aromatic carbocycles. The number of carbonyl (C=O) groups excluding carboxylic acids is 2. The lowest BCUT2D eigenvalue weighted by Crippen LogP contribution is -2.47. The molecule has 1 atom stereocenters. The molecule has 0 fully saturated rings. The summed E-state index contributed by atoms with van der Waals surface area (Å²) in [7, 11) is 0. The van der Waals surface area contributed by atoms with Gasteiger partial charge in [-0.3, -0.25) is 14.6 Å². The molecule has 0 radical (unpaired) electrons. The van der Waals surface area contributed by atoms with Gasteiger partial charge in [-0.05, 0) is 48.2 Å². The highest BCUT2D eigenvalue weighted by atomic mass is 19.1. The second-order valence-electron chi connectivity index (χ2n) is 7.39. The van der Waals surface area contributed by atoms with Gasteiger partial charge in [0.15, 0.2) is 0 Å². The number of amides is 2. The van der Waals surface area contributed by atoms with Crippen molar-refractivity contribution < 1.29 is 14.0 Å². The summed E-state index contributed by atoms with van der Waals surface area (Å²) in [5.74, 6) is -0.718. The molecule has 6 heteroatoms. The molecule has 1 aromatic heterocycles. The molecule has 0 aliphatic heterocycles. The number of aryl methyl sites for hydroxylation is 1. The fourth-order valence-electron chi connectivity index (χ4n) is 3.25. The molecule has 0 spiro atoms. The van der Waals surface area contributed by atoms with Crippen LogP contribution in [0.15, 0.2) is 79.1 Å². The Balaban J connectivity index is 1.69. The van der Waals surface area contributed by atoms with Gasteiger partial charge in [0, 0.05) is 31.9 Å². The minimum Gasteiger partial charge on any atom is -0.350 e. The summed E-state index contributed by atoms with van der Waals surface area (Å²) in [6.07, 6.45) is 4.23. The third-order valence-corrected chi connectivity index (χ3v) is 5.09. The standard InChI is InChI=1S/C25H26FN3O2/c1-19(25(31)28-17-22-8-5-15-27-16-22)29(18-21-9-12-23(26)13-10-21)24(30)14-11-20-6-3-2-4-7-20/h2-10,12-13,15-16,19H,11,14,17-18H2,1H3,(H,28,31)/t19-/m0/s1. The smallest absolute Gasteiger partial charge is 0.242 e. The van der Waals surface area contributed by atoms with E-state index in [4.69, 9.17) is 0 Å². The van der Waals surface area contributed by atoms with Gasteiger partial charge in [-0.15, -0.1) is 0 Å². The van der Waals surface area contributed by atoms with E-state index in [1.54, 1.807) is 42.4 Å². The fraction of sp³-hybridized carbons (Fsp3) is 0.240. The monoisotopic (exact) mass is 419 g/mol. The summed E-state index contributed by atoms with van der Waals surface area (Å²) >= 11 is 0. The largest absolute Gasteiger partial charge is 0.350 e. The first kappa shape index (κ1) is 22.2. The molecule has 5 nitrogen and oxygen atoms in total. The van der Waals surface area contributed by atoms with Crippen LogP contribution in [0.3, 0.4) is 0 Å². The Morgan fingerprint density at radius 1 is 0.968 bits per heavy atom. The Labute approximate surface area is 181 Å². The fourth-order valence-corrected chi connectivity index (χ4v) is 3.25. The number of nitrogens with one attached hydrogen (secondary N) is 1. The predicted molar refractivity (Wildman–Crippen MR) is 117 cm³/mol. The van der Waals surface area contributed by atoms with Crippen LogP contribution in [0.5, 0.6) is 0 Å². The number of nitrogens with zero attached hydrogens (tertiary/aromatic N) is 2. The minimum atomic E-state index is -0.676. The SMILES string of the molecule is C[C@@H](C(=O)NCc1cccnc1)N(Cc1ccc(F)cc1)C(=O)CCc1ccccc1. The summed E-state index contributed by atoms with van der Waals surface area (Å²) in [6.45, 7) is 2.28. The van der Waals surface area contributed by atoms with Crippen molar-refractivity contribution >= 4 is 11.8 Å². The molecule has 1 heterocycles. The topological polar surface area (TPSA) is 62.3 Å². The molecule has 2 amide bonds. The van der Waals surface area contributed by atoms with Crippen LogP contribution >= 0.6 is 0 Å². The number of pyridine rings is 1. The van der Waals surface area contributed by atoms with Crippen molar-refractivity contribution in [1.29, 1.82) is 0 Å². The second-order valence-corrected chi connectivity index (χ2v) is 7.39. The van der Waals surface area contributed by atoms with E-state index in [9.17, 15) is 14.0 Å². The van der Waals surface area contributed by atoms with Gasteiger partial charge in [-0.2, -0.15) is 0 Å². The maximum Gasteiger partial charge on any atom is 0.242 e. The van der Waals surface area contributed by atoms with Crippen LogP contribution in [0.25, 0.3) is 0 Å². The third-order valence-electron chi connectivity index (χ3n) is 5.09. The number of halogens is 1. The Kier molecular flexibility index (Phi) is 7.87. The van der Waals surface area contributed by atoms with Gasteiger partial charge >= 0.3 is 0 Å². The van der Waals surface area contributed by atoms with Gasteiger partial charge in [0.1, 0.15) is 11.9 Å². The van der Waals surface area contributed by atoms with Gasteiger partial charge in [0.25, 0.3) is 0 Å². The number of carbonyl (C=O) groups is 2. The molecule has 0 unspecified atom stereocenters. The summed E-state index contributed by atoms with van der Waals surface area (Å²) < 4.78 is 13.3. The Bertz CT molecular complexity index is 979. The molecular formula is C25H26FN3O2. The van der Waals surface area contributed by atoms with Crippen LogP contribution in [0.1, 0.15) is 30.0 Å². The van der Waals surface area contributed by atoms with E-state index in [-0.39, 0.29) is 30.6 Å². The van der Waals surface area contributed by atoms with Gasteiger partial charge in [-0.1, -0.05) is 48.5 Å². The van der Waals surface area contributed by atoms with Crippen molar-refractivity contribution in [2.24, 2.45) is 0 Å². The normalized spacial score (nSPS) is 11.5. The van der Waals surface area contributed by atoms with Crippen LogP contribution in [-0.4, -0.2) is 27.7 Å². The van der Waals surface area contributed by atoms with Gasteiger partial charge in [0.2, 0.25) is 11.8 Å². The Hall–Kier alpha value is -3.54. The van der Waals surface area contributed by atoms with Crippen molar-refractivity contribution in [2.75, 3.05) is 0 Å². The lowest BCUT2D eigenvalue weighted by Gasteiger charge is -2.29. The van der Waals surface area contributed by atoms with E-state index in [0.29, 0.717) is 13.0 Å². The number of rotatable bonds is 9. The Morgan fingerprint density at radius 3 is 2.35 bits per heavy atom. The summed E-state index contributed by atoms with van der Waals surface area (Å²) in [4.78, 5) is 31.5. The highest BCUT2D eigenvalue weighted by Gasteiger charge is 2.25. The summed E-state index contributed by atoms with van der Waals surface area (Å²) in [6, 6.07) is 18.7. The van der Waals surface area contributed by atoms with Crippen LogP contribution < -0.4 is 5.32 Å². The minimum absolute atomic E-state index is 0.128. The van der Waals surface area contributed by atoms with Crippen LogP contribution in [0.2, 0.25) is 0 Å². The molecule has 160 valence electrons. The molecular weight excluding hydrogens is 393 g/mol. The number of aromatic nitrogens is 1. The van der Waals surface area contributed by atoms with E-state index in [2.05, 4.69) is 10.3 Å². The predicted octanol–water partition coefficient (Wildman–Crippen LogP) is 3.89. The molecule has 0 aliphatic carbocycles. The highest BCUT2D eigenvalue weighted by molar-refractivity contribution is 5.87. The lowest BCUT2D eigenvalue weighted by molar-refractivity contribution is -0.140. The van der Waals surface area contributed by atoms with Crippen molar-refractivity contribution in [3.63, 3.8) is 0 Å². The maximum absolute atomic E-state index is 13.3. The maximum atomic E-state index is 13.3. The zero-order chi connectivity index (χ0) is 22.1. The first-order chi connectivity index (χ1) is 15.0. The molecule has 3 rings (SSSR count). The van der Waals surface area contributed by atoms with Gasteiger partial charge in [-0.25, -0.2) is 4.39 Å². The molecule has 3 aromatic rings. The average Bonchev–Trinajstić information content (AvgIpc) is 2.81. The second kappa shape index (κ2) is 11.0. The van der Waals surface area contributed by atoms with Crippen molar-refractivity contribution in [3.05, 3.63) is 102 Å². The van der Waals surface area contributed by atoms with E-state index in [1.807, 2.05) is 36.4 Å². The molecule has 0 saturated heterocycles. The van der Waals surface area contributed by atoms with Gasteiger partial charge < -0.3 is 10.2 Å². The van der Waals surface area contributed by atoms with Crippen molar-refractivity contribution in [3.8, 4) is 0 Å². The first-order valence-corrected chi connectivity index (χ1v) is 10.3. The number of hydrogen-bond donors (Lipinski definition) is 1.